The summed E-state index contributed by atoms with van der Waals surface area (Å²) >= 11 is 0. The lowest BCUT2D eigenvalue weighted by Gasteiger charge is -2.27. The first-order valence-electron chi connectivity index (χ1n) is 6.57. The summed E-state index contributed by atoms with van der Waals surface area (Å²) in [6.07, 6.45) is 6.93. The summed E-state index contributed by atoms with van der Waals surface area (Å²) in [4.78, 5) is 2.49. The number of aliphatic hydroxyl groups is 1. The van der Waals surface area contributed by atoms with Gasteiger partial charge in [0.05, 0.1) is 5.60 Å². The SMILES string of the molecule is CC1(O)CCN(CC2CC3CCC2C3)C1. The van der Waals surface area contributed by atoms with Crippen LogP contribution in [0.4, 0.5) is 0 Å². The van der Waals surface area contributed by atoms with Crippen molar-refractivity contribution in [3.63, 3.8) is 0 Å². The van der Waals surface area contributed by atoms with Gasteiger partial charge in [-0.1, -0.05) is 6.42 Å². The molecule has 2 saturated carbocycles. The molecule has 1 saturated heterocycles. The van der Waals surface area contributed by atoms with E-state index in [9.17, 15) is 5.11 Å². The van der Waals surface area contributed by atoms with E-state index >= 15 is 0 Å². The first kappa shape index (κ1) is 10.1. The number of β-amino-alcohol motifs (C(OH)–C–C–N with tert-alkyl or cyclic N) is 1. The first-order valence-corrected chi connectivity index (χ1v) is 6.57. The van der Waals surface area contributed by atoms with Crippen molar-refractivity contribution in [2.45, 2.75) is 44.6 Å². The largest absolute Gasteiger partial charge is 0.389 e. The van der Waals surface area contributed by atoms with Gasteiger partial charge in [0.1, 0.15) is 0 Å². The highest BCUT2D eigenvalue weighted by atomic mass is 16.3. The highest BCUT2D eigenvalue weighted by molar-refractivity contribution is 4.93. The van der Waals surface area contributed by atoms with Crippen molar-refractivity contribution in [3.8, 4) is 0 Å². The molecule has 1 heterocycles. The molecule has 15 heavy (non-hydrogen) atoms. The van der Waals surface area contributed by atoms with E-state index in [0.717, 1.165) is 37.3 Å². The van der Waals surface area contributed by atoms with Gasteiger partial charge in [-0.3, -0.25) is 0 Å². The second-order valence-corrected chi connectivity index (χ2v) is 6.42. The van der Waals surface area contributed by atoms with Gasteiger partial charge in [-0.05, 0) is 50.4 Å². The highest BCUT2D eigenvalue weighted by Crippen LogP contribution is 2.48. The van der Waals surface area contributed by atoms with E-state index in [2.05, 4.69) is 4.90 Å². The van der Waals surface area contributed by atoms with E-state index in [1.807, 2.05) is 6.92 Å². The smallest absolute Gasteiger partial charge is 0.0758 e. The third-order valence-corrected chi connectivity index (χ3v) is 4.91. The fourth-order valence-corrected chi connectivity index (χ4v) is 4.13. The van der Waals surface area contributed by atoms with Crippen LogP contribution in [-0.2, 0) is 0 Å². The standard InChI is InChI=1S/C13H23NO/c1-13(15)4-5-14(9-13)8-12-7-10-2-3-11(12)6-10/h10-12,15H,2-9H2,1H3. The van der Waals surface area contributed by atoms with Gasteiger partial charge in [-0.25, -0.2) is 0 Å². The van der Waals surface area contributed by atoms with Crippen molar-refractivity contribution in [3.05, 3.63) is 0 Å². The second kappa shape index (κ2) is 3.46. The lowest BCUT2D eigenvalue weighted by atomic mass is 9.88. The highest BCUT2D eigenvalue weighted by Gasteiger charge is 2.41. The molecule has 4 unspecified atom stereocenters. The molecule has 2 bridgehead atoms. The lowest BCUT2D eigenvalue weighted by molar-refractivity contribution is 0.0649. The maximum absolute atomic E-state index is 9.93. The molecule has 3 rings (SSSR count). The molecule has 4 atom stereocenters. The Morgan fingerprint density at radius 2 is 2.20 bits per heavy atom. The number of rotatable bonds is 2. The van der Waals surface area contributed by atoms with E-state index in [4.69, 9.17) is 0 Å². The molecule has 2 nitrogen and oxygen atoms in total. The Bertz CT molecular complexity index is 251. The quantitative estimate of drug-likeness (QED) is 0.750. The molecule has 86 valence electrons. The summed E-state index contributed by atoms with van der Waals surface area (Å²) in [7, 11) is 0. The molecule has 0 aromatic heterocycles. The maximum Gasteiger partial charge on any atom is 0.0758 e. The minimum atomic E-state index is -0.405. The van der Waals surface area contributed by atoms with Crippen molar-refractivity contribution in [2.75, 3.05) is 19.6 Å². The maximum atomic E-state index is 9.93. The van der Waals surface area contributed by atoms with Gasteiger partial charge >= 0.3 is 0 Å². The number of hydrogen-bond donors (Lipinski definition) is 1. The van der Waals surface area contributed by atoms with Gasteiger partial charge in [0.15, 0.2) is 0 Å². The van der Waals surface area contributed by atoms with Crippen LogP contribution in [0.5, 0.6) is 0 Å². The average molecular weight is 209 g/mol. The third-order valence-electron chi connectivity index (χ3n) is 4.91. The average Bonchev–Trinajstić information content (AvgIpc) is 2.81. The van der Waals surface area contributed by atoms with Crippen molar-refractivity contribution < 1.29 is 5.11 Å². The van der Waals surface area contributed by atoms with Crippen LogP contribution in [0.25, 0.3) is 0 Å². The predicted molar refractivity (Wildman–Crippen MR) is 60.6 cm³/mol. The molecule has 0 aromatic rings. The number of likely N-dealkylation sites (tertiary alicyclic amines) is 1. The number of hydrogen-bond acceptors (Lipinski definition) is 2. The molecule has 1 aliphatic heterocycles. The van der Waals surface area contributed by atoms with Gasteiger partial charge in [-0.2, -0.15) is 0 Å². The Balaban J connectivity index is 1.54. The van der Waals surface area contributed by atoms with E-state index < -0.39 is 5.60 Å². The molecule has 1 N–H and O–H groups in total. The fourth-order valence-electron chi connectivity index (χ4n) is 4.13. The molecule has 0 spiro atoms. The van der Waals surface area contributed by atoms with E-state index in [1.165, 1.54) is 32.2 Å². The van der Waals surface area contributed by atoms with Gasteiger partial charge in [0.2, 0.25) is 0 Å². The van der Waals surface area contributed by atoms with Crippen molar-refractivity contribution in [1.82, 2.24) is 4.90 Å². The molecule has 0 aromatic carbocycles. The fraction of sp³-hybridized carbons (Fsp3) is 1.00. The van der Waals surface area contributed by atoms with Crippen molar-refractivity contribution in [1.29, 1.82) is 0 Å². The van der Waals surface area contributed by atoms with E-state index in [-0.39, 0.29) is 0 Å². The Kier molecular flexibility index (Phi) is 2.33. The van der Waals surface area contributed by atoms with Crippen LogP contribution >= 0.6 is 0 Å². The number of nitrogens with zero attached hydrogens (tertiary/aromatic N) is 1. The van der Waals surface area contributed by atoms with Crippen LogP contribution in [0.15, 0.2) is 0 Å². The Morgan fingerprint density at radius 1 is 1.33 bits per heavy atom. The molecule has 3 aliphatic rings. The van der Waals surface area contributed by atoms with Crippen LogP contribution in [-0.4, -0.2) is 35.2 Å². The Labute approximate surface area is 92.7 Å². The minimum absolute atomic E-state index is 0.405. The topological polar surface area (TPSA) is 23.5 Å². The summed E-state index contributed by atoms with van der Waals surface area (Å²) in [5.41, 5.74) is -0.405. The molecular formula is C13H23NO. The van der Waals surface area contributed by atoms with Crippen molar-refractivity contribution in [2.24, 2.45) is 17.8 Å². The molecule has 3 fully saturated rings. The van der Waals surface area contributed by atoms with E-state index in [0.29, 0.717) is 0 Å². The zero-order valence-electron chi connectivity index (χ0n) is 9.78. The molecular weight excluding hydrogens is 186 g/mol. The summed E-state index contributed by atoms with van der Waals surface area (Å²) < 4.78 is 0. The molecule has 0 amide bonds. The van der Waals surface area contributed by atoms with Crippen LogP contribution < -0.4 is 0 Å². The van der Waals surface area contributed by atoms with Crippen LogP contribution in [0, 0.1) is 17.8 Å². The van der Waals surface area contributed by atoms with Crippen LogP contribution in [0.3, 0.4) is 0 Å². The van der Waals surface area contributed by atoms with Gasteiger partial charge in [-0.15, -0.1) is 0 Å². The summed E-state index contributed by atoms with van der Waals surface area (Å²) in [5.74, 6) is 3.04. The summed E-state index contributed by atoms with van der Waals surface area (Å²) in [5, 5.41) is 9.93. The Hall–Kier alpha value is -0.0800. The lowest BCUT2D eigenvalue weighted by Crippen LogP contribution is -2.34. The van der Waals surface area contributed by atoms with Crippen LogP contribution in [0.2, 0.25) is 0 Å². The number of fused-ring (bicyclic) bond motifs is 2. The molecule has 2 aliphatic carbocycles. The van der Waals surface area contributed by atoms with Gasteiger partial charge in [0, 0.05) is 19.6 Å². The molecule has 0 radical (unpaired) electrons. The summed E-state index contributed by atoms with van der Waals surface area (Å²) in [6, 6.07) is 0. The molecule has 2 heteroatoms. The van der Waals surface area contributed by atoms with Gasteiger partial charge < -0.3 is 10.0 Å². The monoisotopic (exact) mass is 209 g/mol. The van der Waals surface area contributed by atoms with Crippen LogP contribution in [0.1, 0.15) is 39.0 Å². The van der Waals surface area contributed by atoms with Gasteiger partial charge in [0.25, 0.3) is 0 Å². The van der Waals surface area contributed by atoms with E-state index in [1.54, 1.807) is 0 Å². The first-order chi connectivity index (χ1) is 7.12. The predicted octanol–water partition coefficient (Wildman–Crippen LogP) is 1.88. The normalized spacial score (nSPS) is 50.4. The second-order valence-electron chi connectivity index (χ2n) is 6.42. The third kappa shape index (κ3) is 1.94. The summed E-state index contributed by atoms with van der Waals surface area (Å²) in [6.45, 7) is 5.26. The minimum Gasteiger partial charge on any atom is -0.389 e. The zero-order valence-corrected chi connectivity index (χ0v) is 9.78. The zero-order chi connectivity index (χ0) is 10.5. The van der Waals surface area contributed by atoms with Crippen molar-refractivity contribution >= 4 is 0 Å². The Morgan fingerprint density at radius 3 is 2.73 bits per heavy atom.